The van der Waals surface area contributed by atoms with Crippen LogP contribution in [0.5, 0.6) is 0 Å². The Balaban J connectivity index is 1.73. The van der Waals surface area contributed by atoms with E-state index >= 15 is 0 Å². The van der Waals surface area contributed by atoms with Crippen LogP contribution in [0.2, 0.25) is 0 Å². The summed E-state index contributed by atoms with van der Waals surface area (Å²) in [6, 6.07) is 5.95. The van der Waals surface area contributed by atoms with E-state index in [1.54, 1.807) is 12.1 Å². The van der Waals surface area contributed by atoms with Crippen molar-refractivity contribution in [1.82, 2.24) is 4.90 Å². The molecule has 23 heavy (non-hydrogen) atoms. The molecule has 0 radical (unpaired) electrons. The Morgan fingerprint density at radius 3 is 3.00 bits per heavy atom. The Hall–Kier alpha value is -1.99. The average Bonchev–Trinajstić information content (AvgIpc) is 2.54. The van der Waals surface area contributed by atoms with Crippen LogP contribution in [0.4, 0.5) is 11.4 Å². The van der Waals surface area contributed by atoms with Crippen molar-refractivity contribution >= 4 is 17.3 Å². The van der Waals surface area contributed by atoms with Crippen LogP contribution in [0.3, 0.4) is 0 Å². The van der Waals surface area contributed by atoms with Crippen molar-refractivity contribution in [2.75, 3.05) is 32.1 Å². The van der Waals surface area contributed by atoms with Crippen LogP contribution in [0, 0.1) is 10.1 Å². The number of nitrogens with one attached hydrogen (secondary N) is 1. The number of anilines is 1. The van der Waals surface area contributed by atoms with E-state index in [2.05, 4.69) is 10.2 Å². The highest BCUT2D eigenvalue weighted by atomic mass is 16.6. The van der Waals surface area contributed by atoms with E-state index in [0.29, 0.717) is 18.7 Å². The number of ether oxygens (including phenoxy) is 1. The van der Waals surface area contributed by atoms with E-state index in [1.165, 1.54) is 18.6 Å². The molecule has 2 rings (SSSR count). The number of nitro benzene ring substituents is 1. The minimum atomic E-state index is -0.479. The number of nitrogens with zero attached hydrogens (tertiary/aromatic N) is 2. The lowest BCUT2D eigenvalue weighted by atomic mass is 10.1. The Morgan fingerprint density at radius 2 is 2.30 bits per heavy atom. The molecular weight excluding hydrogens is 298 g/mol. The molecule has 1 saturated heterocycles. The molecule has 0 bridgehead atoms. The Morgan fingerprint density at radius 1 is 1.48 bits per heavy atom. The fraction of sp³-hybridized carbons (Fsp3) is 0.562. The maximum Gasteiger partial charge on any atom is 0.271 e. The second-order valence-electron chi connectivity index (χ2n) is 5.86. The lowest BCUT2D eigenvalue weighted by Crippen LogP contribution is -2.35. The molecule has 1 amide bonds. The van der Waals surface area contributed by atoms with Gasteiger partial charge in [0.15, 0.2) is 0 Å². The summed E-state index contributed by atoms with van der Waals surface area (Å²) in [6.45, 7) is 2.27. The van der Waals surface area contributed by atoms with E-state index in [1.807, 2.05) is 7.05 Å². The van der Waals surface area contributed by atoms with Crippen LogP contribution in [-0.2, 0) is 9.53 Å². The molecule has 0 saturated carbocycles. The standard InChI is InChI=1S/C16H23N3O4/c1-18(12-15-7-2-3-10-23-15)9-8-16(20)17-13-5-4-6-14(11-13)19(21)22/h4-6,11,15H,2-3,7-10,12H2,1H3,(H,17,20)/t15-/m1/s1. The number of hydrogen-bond acceptors (Lipinski definition) is 5. The number of amides is 1. The third-order valence-electron chi connectivity index (χ3n) is 3.85. The van der Waals surface area contributed by atoms with E-state index in [-0.39, 0.29) is 17.7 Å². The molecule has 1 heterocycles. The zero-order valence-electron chi connectivity index (χ0n) is 13.4. The van der Waals surface area contributed by atoms with Gasteiger partial charge in [0.1, 0.15) is 0 Å². The number of benzene rings is 1. The fourth-order valence-corrected chi connectivity index (χ4v) is 2.60. The lowest BCUT2D eigenvalue weighted by molar-refractivity contribution is -0.384. The topological polar surface area (TPSA) is 84.7 Å². The Kier molecular flexibility index (Phi) is 6.49. The summed E-state index contributed by atoms with van der Waals surface area (Å²) in [5, 5.41) is 13.4. The summed E-state index contributed by atoms with van der Waals surface area (Å²) in [6.07, 6.45) is 4.00. The van der Waals surface area contributed by atoms with Crippen LogP contribution in [0.15, 0.2) is 24.3 Å². The SMILES string of the molecule is CN(CCC(=O)Nc1cccc([N+](=O)[O-])c1)C[C@H]1CCCCO1. The third kappa shape index (κ3) is 5.96. The minimum absolute atomic E-state index is 0.0330. The molecule has 0 unspecified atom stereocenters. The number of carbonyl (C=O) groups excluding carboxylic acids is 1. The summed E-state index contributed by atoms with van der Waals surface area (Å²) in [5.74, 6) is -0.151. The van der Waals surface area contributed by atoms with Gasteiger partial charge in [0.2, 0.25) is 5.91 Å². The van der Waals surface area contributed by atoms with Gasteiger partial charge in [-0.25, -0.2) is 0 Å². The molecule has 1 N–H and O–H groups in total. The first-order valence-electron chi connectivity index (χ1n) is 7.89. The number of likely N-dealkylation sites (N-methyl/N-ethyl adjacent to an activating group) is 1. The predicted octanol–water partition coefficient (Wildman–Crippen LogP) is 2.42. The predicted molar refractivity (Wildman–Crippen MR) is 87.4 cm³/mol. The second kappa shape index (κ2) is 8.59. The maximum absolute atomic E-state index is 12.0. The van der Waals surface area contributed by atoms with E-state index in [0.717, 1.165) is 26.0 Å². The number of carbonyl (C=O) groups is 1. The molecule has 0 aromatic heterocycles. The van der Waals surface area contributed by atoms with Crippen molar-refractivity contribution in [2.45, 2.75) is 31.8 Å². The molecule has 7 nitrogen and oxygen atoms in total. The summed E-state index contributed by atoms with van der Waals surface area (Å²) in [5.41, 5.74) is 0.414. The molecule has 0 aliphatic carbocycles. The van der Waals surface area contributed by atoms with E-state index in [4.69, 9.17) is 4.74 Å². The monoisotopic (exact) mass is 321 g/mol. The van der Waals surface area contributed by atoms with Crippen LogP contribution in [-0.4, -0.2) is 48.6 Å². The molecule has 1 aliphatic heterocycles. The highest BCUT2D eigenvalue weighted by Gasteiger charge is 2.16. The number of nitro groups is 1. The Labute approximate surface area is 135 Å². The van der Waals surface area contributed by atoms with Gasteiger partial charge in [-0.1, -0.05) is 6.07 Å². The van der Waals surface area contributed by atoms with Crippen molar-refractivity contribution in [2.24, 2.45) is 0 Å². The molecule has 126 valence electrons. The lowest BCUT2D eigenvalue weighted by Gasteiger charge is -2.27. The van der Waals surface area contributed by atoms with Gasteiger partial charge in [-0.2, -0.15) is 0 Å². The molecule has 1 aliphatic rings. The van der Waals surface area contributed by atoms with Gasteiger partial charge < -0.3 is 15.0 Å². The van der Waals surface area contributed by atoms with Crippen LogP contribution < -0.4 is 5.32 Å². The van der Waals surface area contributed by atoms with Crippen molar-refractivity contribution in [3.05, 3.63) is 34.4 Å². The highest BCUT2D eigenvalue weighted by Crippen LogP contribution is 2.17. The van der Waals surface area contributed by atoms with Gasteiger partial charge in [0, 0.05) is 43.9 Å². The summed E-state index contributed by atoms with van der Waals surface area (Å²) in [4.78, 5) is 24.3. The molecular formula is C16H23N3O4. The van der Waals surface area contributed by atoms with Crippen molar-refractivity contribution in [3.8, 4) is 0 Å². The number of hydrogen-bond donors (Lipinski definition) is 1. The molecule has 1 aromatic carbocycles. The summed E-state index contributed by atoms with van der Waals surface area (Å²) >= 11 is 0. The van der Waals surface area contributed by atoms with Gasteiger partial charge in [-0.15, -0.1) is 0 Å². The first kappa shape index (κ1) is 17.4. The fourth-order valence-electron chi connectivity index (χ4n) is 2.60. The average molecular weight is 321 g/mol. The number of non-ortho nitro benzene ring substituents is 1. The first-order chi connectivity index (χ1) is 11.0. The number of rotatable bonds is 7. The third-order valence-corrected chi connectivity index (χ3v) is 3.85. The minimum Gasteiger partial charge on any atom is -0.377 e. The largest absolute Gasteiger partial charge is 0.377 e. The smallest absolute Gasteiger partial charge is 0.271 e. The van der Waals surface area contributed by atoms with Gasteiger partial charge >= 0.3 is 0 Å². The zero-order valence-corrected chi connectivity index (χ0v) is 13.4. The van der Waals surface area contributed by atoms with Gasteiger partial charge in [-0.3, -0.25) is 14.9 Å². The molecule has 7 heteroatoms. The van der Waals surface area contributed by atoms with Crippen LogP contribution in [0.1, 0.15) is 25.7 Å². The van der Waals surface area contributed by atoms with Gasteiger partial charge in [0.05, 0.1) is 11.0 Å². The normalized spacial score (nSPS) is 17.9. The van der Waals surface area contributed by atoms with Gasteiger partial charge in [0.25, 0.3) is 5.69 Å². The van der Waals surface area contributed by atoms with Crippen molar-refractivity contribution in [1.29, 1.82) is 0 Å². The quantitative estimate of drug-likeness (QED) is 0.616. The van der Waals surface area contributed by atoms with Crippen molar-refractivity contribution < 1.29 is 14.5 Å². The second-order valence-corrected chi connectivity index (χ2v) is 5.86. The molecule has 1 atom stereocenters. The maximum atomic E-state index is 12.0. The first-order valence-corrected chi connectivity index (χ1v) is 7.89. The van der Waals surface area contributed by atoms with E-state index < -0.39 is 4.92 Å². The highest BCUT2D eigenvalue weighted by molar-refractivity contribution is 5.91. The van der Waals surface area contributed by atoms with Crippen LogP contribution in [0.25, 0.3) is 0 Å². The van der Waals surface area contributed by atoms with Gasteiger partial charge in [-0.05, 0) is 32.4 Å². The van der Waals surface area contributed by atoms with E-state index in [9.17, 15) is 14.9 Å². The molecule has 0 spiro atoms. The molecule has 1 aromatic rings. The van der Waals surface area contributed by atoms with Crippen molar-refractivity contribution in [3.63, 3.8) is 0 Å². The Bertz CT molecular complexity index is 544. The zero-order chi connectivity index (χ0) is 16.7. The summed E-state index contributed by atoms with van der Waals surface area (Å²) < 4.78 is 5.68. The summed E-state index contributed by atoms with van der Waals surface area (Å²) in [7, 11) is 1.97. The van der Waals surface area contributed by atoms with Crippen LogP contribution >= 0.6 is 0 Å². The molecule has 1 fully saturated rings.